The predicted molar refractivity (Wildman–Crippen MR) is 249 cm³/mol. The average Bonchev–Trinajstić information content (AvgIpc) is 3.58. The number of carboxylic acid groups (broad SMARTS) is 1. The summed E-state index contributed by atoms with van der Waals surface area (Å²) in [5.41, 5.74) is -3.66. The Labute approximate surface area is 411 Å². The molecule has 0 radical (unpaired) electrons. The number of ether oxygens (including phenoxy) is 6. The van der Waals surface area contributed by atoms with E-state index in [1.165, 1.54) is 0 Å². The van der Waals surface area contributed by atoms with Crippen molar-refractivity contribution < 1.29 is 88.8 Å². The van der Waals surface area contributed by atoms with E-state index in [-0.39, 0.29) is 22.8 Å². The molecule has 18 heteroatoms. The van der Waals surface area contributed by atoms with Gasteiger partial charge in [-0.3, -0.25) is 0 Å². The Balaban J connectivity index is 1.19. The second-order valence-electron chi connectivity index (χ2n) is 23.6. The molecule has 6 unspecified atom stereocenters. The van der Waals surface area contributed by atoms with E-state index < -0.39 is 156 Å². The minimum absolute atomic E-state index is 0.00599. The first-order valence-corrected chi connectivity index (χ1v) is 25.1. The highest BCUT2D eigenvalue weighted by atomic mass is 16.7. The van der Waals surface area contributed by atoms with E-state index >= 15 is 0 Å². The summed E-state index contributed by atoms with van der Waals surface area (Å²) in [4.78, 5) is 39.7. The molecule has 70 heavy (non-hydrogen) atoms. The number of carbonyl (C=O) groups excluding carboxylic acids is 2. The molecule has 0 aromatic heterocycles. The Morgan fingerprint density at radius 2 is 1.37 bits per heavy atom. The summed E-state index contributed by atoms with van der Waals surface area (Å²) in [6.07, 6.45) is -9.60. The molecule has 2 aliphatic heterocycles. The normalized spacial score (nSPS) is 47.7. The van der Waals surface area contributed by atoms with E-state index in [4.69, 9.17) is 28.4 Å². The van der Waals surface area contributed by atoms with Crippen LogP contribution in [-0.2, 0) is 42.8 Å². The molecule has 18 nitrogen and oxygen atoms in total. The maximum atomic E-state index is 13.8. The second-order valence-corrected chi connectivity index (χ2v) is 23.6. The number of aliphatic hydroxyl groups is 8. The lowest BCUT2D eigenvalue weighted by Crippen LogP contribution is -2.76. The number of carbonyl (C=O) groups is 3. The molecule has 7 aliphatic rings. The highest BCUT2D eigenvalue weighted by Gasteiger charge is 2.76. The maximum absolute atomic E-state index is 13.8. The van der Waals surface area contributed by atoms with Gasteiger partial charge < -0.3 is 74.4 Å². The van der Waals surface area contributed by atoms with Gasteiger partial charge in [0.05, 0.1) is 49.7 Å². The maximum Gasteiger partial charge on any atom is 0.335 e. The van der Waals surface area contributed by atoms with Crippen LogP contribution in [0, 0.1) is 56.2 Å². The van der Waals surface area contributed by atoms with Crippen LogP contribution < -0.4 is 0 Å². The van der Waals surface area contributed by atoms with E-state index in [1.807, 2.05) is 20.8 Å². The van der Waals surface area contributed by atoms with Crippen molar-refractivity contribution in [2.45, 2.75) is 194 Å². The molecule has 6 fully saturated rings. The van der Waals surface area contributed by atoms with Crippen molar-refractivity contribution >= 4 is 17.9 Å². The molecule has 396 valence electrons. The van der Waals surface area contributed by atoms with Crippen LogP contribution in [0.3, 0.4) is 0 Å². The lowest BCUT2D eigenvalue weighted by molar-refractivity contribution is -0.325. The van der Waals surface area contributed by atoms with Crippen molar-refractivity contribution in [1.82, 2.24) is 0 Å². The topological polar surface area (TPSA) is 289 Å². The number of aliphatic carboxylic acids is 1. The van der Waals surface area contributed by atoms with Gasteiger partial charge in [-0.05, 0) is 100 Å². The lowest BCUT2D eigenvalue weighted by Gasteiger charge is -2.73. The smallest absolute Gasteiger partial charge is 0.335 e. The first-order valence-electron chi connectivity index (χ1n) is 25.1. The van der Waals surface area contributed by atoms with Crippen molar-refractivity contribution in [2.75, 3.05) is 19.8 Å². The van der Waals surface area contributed by atoms with E-state index in [0.717, 1.165) is 5.57 Å². The van der Waals surface area contributed by atoms with E-state index in [0.29, 0.717) is 44.1 Å². The van der Waals surface area contributed by atoms with Crippen molar-refractivity contribution in [3.05, 3.63) is 34.9 Å². The molecule has 0 spiro atoms. The van der Waals surface area contributed by atoms with Gasteiger partial charge in [-0.15, -0.1) is 0 Å². The molecule has 5 aliphatic carbocycles. The van der Waals surface area contributed by atoms with Crippen molar-refractivity contribution in [3.8, 4) is 0 Å². The number of hydrogen-bond acceptors (Lipinski definition) is 17. The van der Waals surface area contributed by atoms with E-state index in [9.17, 15) is 60.3 Å². The van der Waals surface area contributed by atoms with Crippen LogP contribution in [-0.4, -0.2) is 163 Å². The quantitative estimate of drug-likeness (QED) is 0.0588. The molecule has 2 heterocycles. The zero-order chi connectivity index (χ0) is 52.0. The van der Waals surface area contributed by atoms with Crippen LogP contribution in [0.4, 0.5) is 0 Å². The first-order chi connectivity index (χ1) is 32.6. The zero-order valence-corrected chi connectivity index (χ0v) is 42.6. The average molecular weight is 993 g/mol. The molecule has 0 amide bonds. The van der Waals surface area contributed by atoms with Gasteiger partial charge >= 0.3 is 17.9 Å². The number of rotatable bonds is 12. The van der Waals surface area contributed by atoms with Crippen molar-refractivity contribution in [1.29, 1.82) is 0 Å². The Kier molecular flexibility index (Phi) is 15.3. The molecule has 0 aromatic carbocycles. The highest BCUT2D eigenvalue weighted by molar-refractivity contribution is 5.89. The number of allylic oxidation sites excluding steroid dienone is 3. The monoisotopic (exact) mass is 993 g/mol. The number of fused-ring (bicyclic) bond motifs is 7. The number of aliphatic hydroxyl groups excluding tert-OH is 8. The number of hydrogen-bond donors (Lipinski definition) is 9. The van der Waals surface area contributed by atoms with E-state index in [1.54, 1.807) is 39.8 Å². The van der Waals surface area contributed by atoms with Crippen LogP contribution in [0.25, 0.3) is 0 Å². The Morgan fingerprint density at radius 3 is 1.93 bits per heavy atom. The van der Waals surface area contributed by atoms with Crippen molar-refractivity contribution in [2.24, 2.45) is 56.2 Å². The highest BCUT2D eigenvalue weighted by Crippen LogP contribution is 2.76. The van der Waals surface area contributed by atoms with Crippen molar-refractivity contribution in [3.63, 3.8) is 0 Å². The predicted octanol–water partition coefficient (Wildman–Crippen LogP) is 2.69. The van der Waals surface area contributed by atoms with E-state index in [2.05, 4.69) is 33.8 Å². The molecular weight excluding hydrogens is 913 g/mol. The molecule has 9 N–H and O–H groups in total. The Hall–Kier alpha value is -2.85. The van der Waals surface area contributed by atoms with Gasteiger partial charge in [0.15, 0.2) is 24.8 Å². The van der Waals surface area contributed by atoms with Gasteiger partial charge in [0.1, 0.15) is 30.5 Å². The summed E-state index contributed by atoms with van der Waals surface area (Å²) in [6, 6.07) is 0. The Bertz CT molecular complexity index is 2080. The fraction of sp³-hybridized carbons (Fsp3) is 0.827. The molecule has 0 aromatic rings. The zero-order valence-electron chi connectivity index (χ0n) is 42.6. The van der Waals surface area contributed by atoms with Crippen LogP contribution >= 0.6 is 0 Å². The molecule has 0 bridgehead atoms. The van der Waals surface area contributed by atoms with Crippen LogP contribution in [0.15, 0.2) is 34.9 Å². The fourth-order valence-electron chi connectivity index (χ4n) is 15.0. The van der Waals surface area contributed by atoms with Gasteiger partial charge in [-0.1, -0.05) is 72.3 Å². The van der Waals surface area contributed by atoms with Gasteiger partial charge in [0.2, 0.25) is 0 Å². The summed E-state index contributed by atoms with van der Waals surface area (Å²) < 4.78 is 36.0. The molecular formula is C52H80O18. The standard InChI is InChI=1S/C52H80O18/c1-12-24(3)43(63)69-40-41(70-44(64)25(4)13-2)52(23-54)28(20-47(40,5)6)27-14-15-31-49(9)18-17-32(48(7,8)30(49)16-19-50(31,10)51(27,11)38(59)39(52)60)67-46-34(56)26(33(55)37(68-46)42(61)62)22-65-45-36(58)35(57)29(21-53)66-45/h12-14,26,28-41,45-46,53-60H,15-23H2,1-11H3,(H,61,62)/b24-12-,25-13-/t26-,28?,29+,30?,31?,32+,33+,34?,35?,36+,37?,38+,39-,40+,41+,45-,46-,49+,50-,51+,52+/m1/s1. The molecule has 4 saturated carbocycles. The molecule has 21 atom stereocenters. The summed E-state index contributed by atoms with van der Waals surface area (Å²) in [5, 5.41) is 101. The fourth-order valence-corrected chi connectivity index (χ4v) is 15.0. The third-order valence-corrected chi connectivity index (χ3v) is 19.6. The first kappa shape index (κ1) is 54.9. The van der Waals surface area contributed by atoms with Gasteiger partial charge in [0, 0.05) is 27.9 Å². The largest absolute Gasteiger partial charge is 0.479 e. The van der Waals surface area contributed by atoms with Gasteiger partial charge in [-0.2, -0.15) is 0 Å². The minimum atomic E-state index is -1.80. The Morgan fingerprint density at radius 1 is 0.757 bits per heavy atom. The summed E-state index contributed by atoms with van der Waals surface area (Å²) in [5.74, 6) is -4.74. The number of carboxylic acids is 1. The van der Waals surface area contributed by atoms with Gasteiger partial charge in [-0.25, -0.2) is 14.4 Å². The minimum Gasteiger partial charge on any atom is -0.479 e. The third-order valence-electron chi connectivity index (χ3n) is 19.6. The van der Waals surface area contributed by atoms with Crippen LogP contribution in [0.5, 0.6) is 0 Å². The summed E-state index contributed by atoms with van der Waals surface area (Å²) in [6.45, 7) is 19.4. The lowest BCUT2D eigenvalue weighted by atomic mass is 9.32. The summed E-state index contributed by atoms with van der Waals surface area (Å²) in [7, 11) is 0. The molecule has 7 rings (SSSR count). The summed E-state index contributed by atoms with van der Waals surface area (Å²) >= 11 is 0. The third kappa shape index (κ3) is 8.26. The number of esters is 2. The van der Waals surface area contributed by atoms with Crippen LogP contribution in [0.1, 0.15) is 115 Å². The second kappa shape index (κ2) is 19.4. The molecule has 2 saturated heterocycles. The SMILES string of the molecule is C/C=C(/C)C(=O)O[C@H]1[C@H](OC(=O)/C(C)=C\C)[C@@]2(CO)C(CC1(C)C)C1=CCC3[C@@]4(C)CC[C@H](O[C@@H]5OC(C(=O)O)[C@@H](O)[C@@H](CO[C@@H]6O[C@@H](CO)C(O)[C@@H]6O)C5O)C(C)(C)C4CC[C@@]3(C)[C@]1(C)[C@@H](O)[C@H]2O. The van der Waals surface area contributed by atoms with Crippen LogP contribution in [0.2, 0.25) is 0 Å². The van der Waals surface area contributed by atoms with Gasteiger partial charge in [0.25, 0.3) is 0 Å².